The highest BCUT2D eigenvalue weighted by molar-refractivity contribution is 7.80. The normalized spacial score (nSPS) is 11.2. The van der Waals surface area contributed by atoms with Gasteiger partial charge >= 0.3 is 0 Å². The van der Waals surface area contributed by atoms with Crippen molar-refractivity contribution in [3.63, 3.8) is 0 Å². The zero-order valence-corrected chi connectivity index (χ0v) is 23.6. The van der Waals surface area contributed by atoms with Gasteiger partial charge < -0.3 is 10.2 Å². The van der Waals surface area contributed by atoms with Gasteiger partial charge in [-0.2, -0.15) is 0 Å². The molecule has 0 radical (unpaired) electrons. The molecule has 0 atom stereocenters. The molecule has 4 heteroatoms. The largest absolute Gasteiger partial charge is 0.508 e. The lowest BCUT2D eigenvalue weighted by molar-refractivity contribution is 0.474. The van der Waals surface area contributed by atoms with Crippen LogP contribution in [0.3, 0.4) is 0 Å². The van der Waals surface area contributed by atoms with Crippen LogP contribution in [-0.2, 0) is 0 Å². The van der Waals surface area contributed by atoms with Crippen LogP contribution in [0.5, 0.6) is 11.5 Å². The summed E-state index contributed by atoms with van der Waals surface area (Å²) in [6.45, 7) is 0. The molecule has 40 heavy (non-hydrogen) atoms. The fourth-order valence-electron chi connectivity index (χ4n) is 5.03. The Kier molecular flexibility index (Phi) is 7.73. The molecule has 2 nitrogen and oxygen atoms in total. The Bertz CT molecular complexity index is 1500. The molecular weight excluding hydrogens is 526 g/mol. The quantitative estimate of drug-likeness (QED) is 0.228. The minimum Gasteiger partial charge on any atom is -0.508 e. The highest BCUT2D eigenvalue weighted by atomic mass is 31.1. The van der Waals surface area contributed by atoms with Gasteiger partial charge in [-0.25, -0.2) is 0 Å². The summed E-state index contributed by atoms with van der Waals surface area (Å²) in [5.74, 6) is 0.403. The van der Waals surface area contributed by atoms with Crippen LogP contribution in [0.1, 0.15) is 0 Å². The maximum Gasteiger partial charge on any atom is 0.116 e. The van der Waals surface area contributed by atoms with Crippen LogP contribution in [0, 0.1) is 0 Å². The van der Waals surface area contributed by atoms with E-state index in [-0.39, 0.29) is 11.5 Å². The molecule has 0 aromatic heterocycles. The molecule has 6 rings (SSSR count). The van der Waals surface area contributed by atoms with Gasteiger partial charge in [0.05, 0.1) is 0 Å². The van der Waals surface area contributed by atoms with E-state index in [1.54, 1.807) is 12.1 Å². The third kappa shape index (κ3) is 5.43. The lowest BCUT2D eigenvalue weighted by atomic mass is 10.0. The number of phenolic OH excluding ortho intramolecular Hbond substituents is 2. The van der Waals surface area contributed by atoms with Gasteiger partial charge in [0.1, 0.15) is 11.5 Å². The van der Waals surface area contributed by atoms with E-state index in [0.717, 1.165) is 21.7 Å². The SMILES string of the molecule is Oc1ccc(P(c2ccccc2)c2ccccc2)c(-c2cc(O)ccc2P(c2ccccc2)c2ccccc2)c1. The maximum absolute atomic E-state index is 10.8. The van der Waals surface area contributed by atoms with Crippen molar-refractivity contribution in [2.75, 3.05) is 0 Å². The van der Waals surface area contributed by atoms with Crippen molar-refractivity contribution in [3.8, 4) is 22.6 Å². The fourth-order valence-corrected chi connectivity index (χ4v) is 9.92. The number of phenols is 2. The smallest absolute Gasteiger partial charge is 0.116 e. The highest BCUT2D eigenvalue weighted by Crippen LogP contribution is 2.42. The van der Waals surface area contributed by atoms with E-state index in [9.17, 15) is 10.2 Å². The first-order chi connectivity index (χ1) is 19.7. The van der Waals surface area contributed by atoms with Gasteiger partial charge in [-0.05, 0) is 95.2 Å². The van der Waals surface area contributed by atoms with E-state index in [1.165, 1.54) is 21.2 Å². The van der Waals surface area contributed by atoms with Crippen molar-refractivity contribution < 1.29 is 10.2 Å². The molecule has 0 aliphatic heterocycles. The number of hydrogen-bond donors (Lipinski definition) is 2. The summed E-state index contributed by atoms with van der Waals surface area (Å²) < 4.78 is 0. The molecule has 0 unspecified atom stereocenters. The van der Waals surface area contributed by atoms with Gasteiger partial charge in [0, 0.05) is 0 Å². The van der Waals surface area contributed by atoms with Crippen LogP contribution < -0.4 is 31.8 Å². The standard InChI is InChI=1S/C36H28O2P2/c37-27-21-23-35(39(29-13-5-1-6-14-29)30-15-7-2-8-16-30)33(25-27)34-26-28(38)22-24-36(34)40(31-17-9-3-10-18-31)32-19-11-4-12-20-32/h1-26,37-38H. The molecule has 6 aromatic carbocycles. The van der Waals surface area contributed by atoms with Crippen molar-refractivity contribution in [1.29, 1.82) is 0 Å². The average Bonchev–Trinajstić information content (AvgIpc) is 3.01. The molecule has 2 N–H and O–H groups in total. The summed E-state index contributed by atoms with van der Waals surface area (Å²) >= 11 is 0. The Morgan fingerprint density at radius 3 is 0.875 bits per heavy atom. The van der Waals surface area contributed by atoms with E-state index in [0.29, 0.717) is 0 Å². The van der Waals surface area contributed by atoms with Gasteiger partial charge in [-0.15, -0.1) is 0 Å². The maximum atomic E-state index is 10.8. The van der Waals surface area contributed by atoms with Crippen molar-refractivity contribution >= 4 is 47.7 Å². The van der Waals surface area contributed by atoms with Crippen LogP contribution >= 0.6 is 15.8 Å². The summed E-state index contributed by atoms with van der Waals surface area (Å²) in [7, 11) is -1.88. The van der Waals surface area contributed by atoms with Crippen LogP contribution in [0.15, 0.2) is 158 Å². The molecule has 0 saturated heterocycles. The minimum absolute atomic E-state index is 0.202. The molecule has 0 fully saturated rings. The second-order valence-electron chi connectivity index (χ2n) is 9.42. The molecule has 194 valence electrons. The molecule has 0 amide bonds. The summed E-state index contributed by atoms with van der Waals surface area (Å²) in [4.78, 5) is 0. The van der Waals surface area contributed by atoms with Gasteiger partial charge in [0.15, 0.2) is 0 Å². The van der Waals surface area contributed by atoms with Crippen molar-refractivity contribution in [3.05, 3.63) is 158 Å². The summed E-state index contributed by atoms with van der Waals surface area (Å²) in [6, 6.07) is 53.6. The first-order valence-electron chi connectivity index (χ1n) is 13.2. The number of rotatable bonds is 7. The summed E-state index contributed by atoms with van der Waals surface area (Å²) in [6.07, 6.45) is 0. The van der Waals surface area contributed by atoms with Gasteiger partial charge in [0.2, 0.25) is 0 Å². The Morgan fingerprint density at radius 2 is 0.600 bits per heavy atom. The summed E-state index contributed by atoms with van der Waals surface area (Å²) in [5.41, 5.74) is 1.87. The zero-order chi connectivity index (χ0) is 27.3. The Hall–Kier alpha value is -4.22. The van der Waals surface area contributed by atoms with E-state index >= 15 is 0 Å². The van der Waals surface area contributed by atoms with E-state index < -0.39 is 15.8 Å². The first-order valence-corrected chi connectivity index (χ1v) is 15.8. The molecule has 0 heterocycles. The predicted octanol–water partition coefficient (Wildman–Crippen LogP) is 6.28. The number of hydrogen-bond acceptors (Lipinski definition) is 2. The zero-order valence-electron chi connectivity index (χ0n) is 21.8. The monoisotopic (exact) mass is 554 g/mol. The van der Waals surface area contributed by atoms with E-state index in [1.807, 2.05) is 36.4 Å². The topological polar surface area (TPSA) is 40.5 Å². The lowest BCUT2D eigenvalue weighted by Crippen LogP contribution is -2.25. The fraction of sp³-hybridized carbons (Fsp3) is 0. The van der Waals surface area contributed by atoms with Crippen molar-refractivity contribution in [2.24, 2.45) is 0 Å². The first kappa shape index (κ1) is 26.0. The molecular formula is C36H28O2P2. The second kappa shape index (κ2) is 11.9. The third-order valence-corrected chi connectivity index (χ3v) is 11.8. The molecule has 0 aliphatic rings. The summed E-state index contributed by atoms with van der Waals surface area (Å²) in [5, 5.41) is 28.8. The van der Waals surface area contributed by atoms with Gasteiger partial charge in [-0.1, -0.05) is 121 Å². The second-order valence-corrected chi connectivity index (χ2v) is 13.8. The van der Waals surface area contributed by atoms with Crippen LogP contribution in [0.2, 0.25) is 0 Å². The van der Waals surface area contributed by atoms with Gasteiger partial charge in [0.25, 0.3) is 0 Å². The number of benzene rings is 6. The predicted molar refractivity (Wildman–Crippen MR) is 173 cm³/mol. The number of aromatic hydroxyl groups is 2. The molecule has 0 aliphatic carbocycles. The molecule has 0 bridgehead atoms. The Morgan fingerprint density at radius 1 is 0.325 bits per heavy atom. The molecule has 0 spiro atoms. The minimum atomic E-state index is -0.938. The van der Waals surface area contributed by atoms with Crippen LogP contribution in [0.4, 0.5) is 0 Å². The lowest BCUT2D eigenvalue weighted by Gasteiger charge is -2.26. The van der Waals surface area contributed by atoms with Crippen molar-refractivity contribution in [1.82, 2.24) is 0 Å². The van der Waals surface area contributed by atoms with Crippen LogP contribution in [-0.4, -0.2) is 10.2 Å². The third-order valence-electron chi connectivity index (χ3n) is 6.79. The Labute approximate surface area is 237 Å². The molecule has 0 saturated carbocycles. The molecule has 6 aromatic rings. The van der Waals surface area contributed by atoms with Crippen molar-refractivity contribution in [2.45, 2.75) is 0 Å². The highest BCUT2D eigenvalue weighted by Gasteiger charge is 2.25. The van der Waals surface area contributed by atoms with Crippen LogP contribution in [0.25, 0.3) is 11.1 Å². The van der Waals surface area contributed by atoms with Gasteiger partial charge in [-0.3, -0.25) is 0 Å². The van der Waals surface area contributed by atoms with E-state index in [4.69, 9.17) is 0 Å². The Balaban J connectivity index is 1.63. The van der Waals surface area contributed by atoms with E-state index in [2.05, 4.69) is 109 Å². The average molecular weight is 555 g/mol.